The van der Waals surface area contributed by atoms with Crippen LogP contribution in [0.5, 0.6) is 0 Å². The molecule has 0 saturated carbocycles. The van der Waals surface area contributed by atoms with Crippen molar-refractivity contribution in [2.75, 3.05) is 11.9 Å². The fraction of sp³-hybridized carbons (Fsp3) is 0.333. The number of nitrogens with one attached hydrogen (secondary N) is 1. The van der Waals surface area contributed by atoms with E-state index in [0.29, 0.717) is 23.4 Å². The molecule has 0 fully saturated rings. The maximum atomic E-state index is 12.4. The van der Waals surface area contributed by atoms with Gasteiger partial charge in [0.25, 0.3) is 5.91 Å². The van der Waals surface area contributed by atoms with Gasteiger partial charge in [0.1, 0.15) is 0 Å². The summed E-state index contributed by atoms with van der Waals surface area (Å²) in [6.45, 7) is 8.71. The van der Waals surface area contributed by atoms with Crippen LogP contribution in [0.1, 0.15) is 60.4 Å². The largest absolute Gasteiger partial charge is 0.462 e. The van der Waals surface area contributed by atoms with Crippen molar-refractivity contribution in [2.45, 2.75) is 39.5 Å². The number of anilines is 1. The number of esters is 1. The molecule has 25 heavy (non-hydrogen) atoms. The van der Waals surface area contributed by atoms with Gasteiger partial charge in [0.15, 0.2) is 0 Å². The van der Waals surface area contributed by atoms with Gasteiger partial charge < -0.3 is 10.1 Å². The zero-order chi connectivity index (χ0) is 18.4. The van der Waals surface area contributed by atoms with Gasteiger partial charge in [-0.2, -0.15) is 0 Å². The second-order valence-electron chi connectivity index (χ2n) is 7.00. The minimum absolute atomic E-state index is 0.0438. The highest BCUT2D eigenvalue weighted by molar-refractivity contribution is 6.04. The second-order valence-corrected chi connectivity index (χ2v) is 7.00. The summed E-state index contributed by atoms with van der Waals surface area (Å²) < 4.78 is 5.12. The average Bonchev–Trinajstić information content (AvgIpc) is 2.59. The lowest BCUT2D eigenvalue weighted by Gasteiger charge is -2.19. The Morgan fingerprint density at radius 3 is 2.28 bits per heavy atom. The Morgan fingerprint density at radius 2 is 1.68 bits per heavy atom. The Labute approximate surface area is 149 Å². The molecule has 0 unspecified atom stereocenters. The van der Waals surface area contributed by atoms with Crippen molar-refractivity contribution in [1.29, 1.82) is 0 Å². The Morgan fingerprint density at radius 1 is 1.00 bits per heavy atom. The summed E-state index contributed by atoms with van der Waals surface area (Å²) in [6.07, 6.45) is 0.771. The van der Waals surface area contributed by atoms with E-state index >= 15 is 0 Å². The minimum Gasteiger partial charge on any atom is -0.462 e. The van der Waals surface area contributed by atoms with E-state index in [1.165, 1.54) is 5.56 Å². The van der Waals surface area contributed by atoms with Gasteiger partial charge in [0.05, 0.1) is 12.2 Å². The standard InChI is InChI=1S/C21H25NO3/c1-5-13-25-20(24)16-7-6-8-18(14-16)22-19(23)15-9-11-17(12-10-15)21(2,3)4/h6-12,14H,5,13H2,1-4H3,(H,22,23). The first-order chi connectivity index (χ1) is 11.8. The molecule has 4 nitrogen and oxygen atoms in total. The molecule has 2 rings (SSSR count). The van der Waals surface area contributed by atoms with Crippen LogP contribution in [-0.2, 0) is 10.2 Å². The third-order valence-corrected chi connectivity index (χ3v) is 3.81. The third kappa shape index (κ3) is 5.18. The van der Waals surface area contributed by atoms with Crippen LogP contribution < -0.4 is 5.32 Å². The predicted octanol–water partition coefficient (Wildman–Crippen LogP) is 4.80. The van der Waals surface area contributed by atoms with Crippen molar-refractivity contribution in [3.8, 4) is 0 Å². The van der Waals surface area contributed by atoms with E-state index in [-0.39, 0.29) is 17.3 Å². The molecule has 1 amide bonds. The maximum absolute atomic E-state index is 12.4. The number of hydrogen-bond acceptors (Lipinski definition) is 3. The van der Waals surface area contributed by atoms with Crippen molar-refractivity contribution < 1.29 is 14.3 Å². The van der Waals surface area contributed by atoms with Crippen molar-refractivity contribution in [2.24, 2.45) is 0 Å². The molecule has 2 aromatic carbocycles. The molecule has 0 radical (unpaired) electrons. The number of rotatable bonds is 5. The Hall–Kier alpha value is -2.62. The molecule has 0 saturated heterocycles. The molecular weight excluding hydrogens is 314 g/mol. The van der Waals surface area contributed by atoms with Crippen LogP contribution in [0.4, 0.5) is 5.69 Å². The molecule has 2 aromatic rings. The Kier molecular flexibility index (Phi) is 5.97. The minimum atomic E-state index is -0.382. The number of ether oxygens (including phenoxy) is 1. The average molecular weight is 339 g/mol. The molecule has 0 aliphatic carbocycles. The van der Waals surface area contributed by atoms with Crippen molar-refractivity contribution in [3.63, 3.8) is 0 Å². The van der Waals surface area contributed by atoms with Crippen LogP contribution in [0.3, 0.4) is 0 Å². The first-order valence-corrected chi connectivity index (χ1v) is 8.50. The number of amides is 1. The molecular formula is C21H25NO3. The van der Waals surface area contributed by atoms with Gasteiger partial charge in [0, 0.05) is 11.3 Å². The van der Waals surface area contributed by atoms with E-state index < -0.39 is 0 Å². The summed E-state index contributed by atoms with van der Waals surface area (Å²) in [6, 6.07) is 14.3. The summed E-state index contributed by atoms with van der Waals surface area (Å²) in [7, 11) is 0. The number of carbonyl (C=O) groups excluding carboxylic acids is 2. The number of benzene rings is 2. The van der Waals surface area contributed by atoms with Crippen molar-refractivity contribution in [3.05, 3.63) is 65.2 Å². The zero-order valence-electron chi connectivity index (χ0n) is 15.3. The molecule has 0 heterocycles. The highest BCUT2D eigenvalue weighted by Crippen LogP contribution is 2.22. The summed E-state index contributed by atoms with van der Waals surface area (Å²) in [4.78, 5) is 24.3. The highest BCUT2D eigenvalue weighted by Gasteiger charge is 2.15. The van der Waals surface area contributed by atoms with Gasteiger partial charge in [-0.25, -0.2) is 4.79 Å². The normalized spacial score (nSPS) is 11.0. The molecule has 0 aromatic heterocycles. The second kappa shape index (κ2) is 7.97. The van der Waals surface area contributed by atoms with Crippen LogP contribution in [0.25, 0.3) is 0 Å². The number of carbonyl (C=O) groups is 2. The SMILES string of the molecule is CCCOC(=O)c1cccc(NC(=O)c2ccc(C(C)(C)C)cc2)c1. The lowest BCUT2D eigenvalue weighted by molar-refractivity contribution is 0.0505. The van der Waals surface area contributed by atoms with Crippen molar-refractivity contribution >= 4 is 17.6 Å². The fourth-order valence-electron chi connectivity index (χ4n) is 2.33. The molecule has 0 aliphatic heterocycles. The van der Waals surface area contributed by atoms with E-state index in [1.807, 2.05) is 31.2 Å². The Balaban J connectivity index is 2.09. The predicted molar refractivity (Wildman–Crippen MR) is 100 cm³/mol. The van der Waals surface area contributed by atoms with Gasteiger partial charge in [-0.05, 0) is 47.7 Å². The van der Waals surface area contributed by atoms with Gasteiger partial charge in [0.2, 0.25) is 0 Å². The van der Waals surface area contributed by atoms with Crippen LogP contribution in [0, 0.1) is 0 Å². The number of hydrogen-bond donors (Lipinski definition) is 1. The van der Waals surface area contributed by atoms with Gasteiger partial charge in [-0.3, -0.25) is 4.79 Å². The van der Waals surface area contributed by atoms with Crippen LogP contribution in [-0.4, -0.2) is 18.5 Å². The lowest BCUT2D eigenvalue weighted by atomic mass is 9.87. The van der Waals surface area contributed by atoms with Gasteiger partial charge >= 0.3 is 5.97 Å². The summed E-state index contributed by atoms with van der Waals surface area (Å²) in [5.74, 6) is -0.591. The van der Waals surface area contributed by atoms with Crippen LogP contribution in [0.15, 0.2) is 48.5 Å². The van der Waals surface area contributed by atoms with Gasteiger partial charge in [-0.1, -0.05) is 45.9 Å². The van der Waals surface area contributed by atoms with Gasteiger partial charge in [-0.15, -0.1) is 0 Å². The zero-order valence-corrected chi connectivity index (χ0v) is 15.3. The van der Waals surface area contributed by atoms with E-state index in [9.17, 15) is 9.59 Å². The van der Waals surface area contributed by atoms with E-state index in [2.05, 4.69) is 26.1 Å². The first kappa shape index (κ1) is 18.7. The monoisotopic (exact) mass is 339 g/mol. The summed E-state index contributed by atoms with van der Waals surface area (Å²) >= 11 is 0. The smallest absolute Gasteiger partial charge is 0.338 e. The first-order valence-electron chi connectivity index (χ1n) is 8.50. The fourth-order valence-corrected chi connectivity index (χ4v) is 2.33. The Bertz CT molecular complexity index is 742. The van der Waals surface area contributed by atoms with Crippen LogP contribution >= 0.6 is 0 Å². The van der Waals surface area contributed by atoms with Crippen molar-refractivity contribution in [1.82, 2.24) is 0 Å². The molecule has 132 valence electrons. The van der Waals surface area contributed by atoms with E-state index in [0.717, 1.165) is 6.42 Å². The lowest BCUT2D eigenvalue weighted by Crippen LogP contribution is -2.14. The van der Waals surface area contributed by atoms with Crippen LogP contribution in [0.2, 0.25) is 0 Å². The van der Waals surface area contributed by atoms with E-state index in [1.54, 1.807) is 24.3 Å². The van der Waals surface area contributed by atoms with E-state index in [4.69, 9.17) is 4.74 Å². The molecule has 0 aliphatic rings. The molecule has 0 bridgehead atoms. The topological polar surface area (TPSA) is 55.4 Å². The molecule has 4 heteroatoms. The summed E-state index contributed by atoms with van der Waals surface area (Å²) in [5.41, 5.74) is 2.78. The quantitative estimate of drug-likeness (QED) is 0.796. The maximum Gasteiger partial charge on any atom is 0.338 e. The summed E-state index contributed by atoms with van der Waals surface area (Å²) in [5, 5.41) is 2.82. The molecule has 0 spiro atoms. The highest BCUT2D eigenvalue weighted by atomic mass is 16.5. The molecule has 0 atom stereocenters. The third-order valence-electron chi connectivity index (χ3n) is 3.81. The molecule has 1 N–H and O–H groups in total.